The van der Waals surface area contributed by atoms with Gasteiger partial charge in [-0.1, -0.05) is 37.9 Å². The second-order valence-electron chi connectivity index (χ2n) is 12.6. The first-order valence-electron chi connectivity index (χ1n) is 15.3. The summed E-state index contributed by atoms with van der Waals surface area (Å²) in [5.41, 5.74) is 0.939. The number of nitrogens with one attached hydrogen (secondary N) is 1. The third kappa shape index (κ3) is 6.17. The quantitative estimate of drug-likeness (QED) is 0.168. The Balaban J connectivity index is 0.00000451. The van der Waals surface area contributed by atoms with E-state index in [9.17, 15) is 18.5 Å². The fourth-order valence-corrected chi connectivity index (χ4v) is 8.52. The average Bonchev–Trinajstić information content (AvgIpc) is 3.73. The number of carbonyl (C=O) groups is 1. The summed E-state index contributed by atoms with van der Waals surface area (Å²) in [6, 6.07) is 4.83. The summed E-state index contributed by atoms with van der Waals surface area (Å²) in [5, 5.41) is 13.6. The van der Waals surface area contributed by atoms with E-state index < -0.39 is 27.3 Å². The van der Waals surface area contributed by atoms with Crippen LogP contribution in [0.25, 0.3) is 32.1 Å². The van der Waals surface area contributed by atoms with Crippen LogP contribution in [0.2, 0.25) is 5.02 Å². The fourth-order valence-electron chi connectivity index (χ4n) is 6.42. The minimum absolute atomic E-state index is 0. The predicted octanol–water partition coefficient (Wildman–Crippen LogP) is 4.93. The van der Waals surface area contributed by atoms with Gasteiger partial charge >= 0.3 is 25.0 Å². The molecule has 2 aromatic heterocycles. The van der Waals surface area contributed by atoms with Gasteiger partial charge in [0, 0.05) is 27.3 Å². The van der Waals surface area contributed by atoms with Crippen LogP contribution in [0.4, 0.5) is 20.0 Å². The van der Waals surface area contributed by atoms with Crippen LogP contribution >= 0.6 is 22.9 Å². The number of hydrogen-bond acceptors (Lipinski definition) is 10. The molecule has 1 fully saturated rings. The number of carbonyl (C=O) groups excluding carboxylic acids is 1. The van der Waals surface area contributed by atoms with E-state index in [0.29, 0.717) is 27.0 Å². The van der Waals surface area contributed by atoms with Gasteiger partial charge in [0.05, 0.1) is 40.5 Å². The van der Waals surface area contributed by atoms with E-state index in [1.807, 2.05) is 0 Å². The number of ether oxygens (including phenoxy) is 2. The summed E-state index contributed by atoms with van der Waals surface area (Å²) in [6.45, 7) is 13.3. The van der Waals surface area contributed by atoms with Gasteiger partial charge < -0.3 is 21.3 Å². The molecule has 10 nitrogen and oxygen atoms in total. The average molecular weight is 706 g/mol. The third-order valence-electron chi connectivity index (χ3n) is 8.53. The van der Waals surface area contributed by atoms with Gasteiger partial charge in [0.25, 0.3) is 0 Å². The van der Waals surface area contributed by atoms with Crippen LogP contribution in [-0.4, -0.2) is 47.9 Å². The van der Waals surface area contributed by atoms with E-state index in [4.69, 9.17) is 21.1 Å². The molecular weight excluding hydrogens is 672 g/mol. The van der Waals surface area contributed by atoms with Crippen LogP contribution in [0.1, 0.15) is 70.6 Å². The molecule has 2 aromatic carbocycles. The maximum Gasteiger partial charge on any atom is 1.00 e. The molecule has 4 heterocycles. The topological polar surface area (TPSA) is 135 Å². The monoisotopic (exact) mass is 705 g/mol. The number of nitrogens with zero attached hydrogens (tertiary/aromatic N) is 4. The molecule has 48 heavy (non-hydrogen) atoms. The Morgan fingerprint density at radius 1 is 1.21 bits per heavy atom. The molecule has 248 valence electrons. The number of thiophene rings is 1. The second kappa shape index (κ2) is 13.4. The van der Waals surface area contributed by atoms with Crippen molar-refractivity contribution in [2.45, 2.75) is 89.9 Å². The standard InChI is InChI=1S/C33H34ClFN5O5S2.Li/c1-7-17-10-9-16(3)40(17)29-25-20-15-44-14-19(20)24(27(34)28(25)37-31(38-29)47(42,43)8-2)26-21(35)11-12-22-23(26)18(13-36)30(46-22)39-32(41)45-33(4,5)6;/h11-12,16-17H,3,7-10,14-15H2,1-2,4-6H3,(H,39,41);/q-1;+1. The molecular formula is C33H34ClFLiN5O5S2. The molecule has 6 rings (SSSR count). The van der Waals surface area contributed by atoms with Crippen molar-refractivity contribution in [2.24, 2.45) is 0 Å². The first-order chi connectivity index (χ1) is 22.2. The van der Waals surface area contributed by atoms with Crippen LogP contribution in [0.15, 0.2) is 17.3 Å². The first kappa shape index (κ1) is 36.3. The van der Waals surface area contributed by atoms with Crippen molar-refractivity contribution in [2.75, 3.05) is 16.0 Å². The molecule has 15 heteroatoms. The minimum Gasteiger partial charge on any atom is -0.444 e. The zero-order chi connectivity index (χ0) is 34.0. The summed E-state index contributed by atoms with van der Waals surface area (Å²) in [5.74, 6) is -0.481. The zero-order valence-electron chi connectivity index (χ0n) is 27.7. The largest absolute Gasteiger partial charge is 1.00 e. The molecule has 1 amide bonds. The maximum absolute atomic E-state index is 16.2. The van der Waals surface area contributed by atoms with E-state index in [1.165, 1.54) is 19.1 Å². The molecule has 0 spiro atoms. The number of rotatable bonds is 6. The maximum atomic E-state index is 16.2. The number of amides is 1. The van der Waals surface area contributed by atoms with Crippen molar-refractivity contribution in [3.63, 3.8) is 0 Å². The van der Waals surface area contributed by atoms with E-state index in [-0.39, 0.29) is 92.7 Å². The van der Waals surface area contributed by atoms with Gasteiger partial charge in [-0.25, -0.2) is 27.6 Å². The molecule has 1 saturated heterocycles. The third-order valence-corrected chi connectivity index (χ3v) is 11.5. The van der Waals surface area contributed by atoms with Crippen molar-refractivity contribution in [3.05, 3.63) is 46.6 Å². The van der Waals surface area contributed by atoms with Crippen LogP contribution in [0, 0.1) is 24.1 Å². The molecule has 0 bridgehead atoms. The Labute approximate surface area is 300 Å². The van der Waals surface area contributed by atoms with Gasteiger partial charge in [-0.05, 0) is 56.9 Å². The van der Waals surface area contributed by atoms with Crippen LogP contribution in [-0.2, 0) is 32.5 Å². The van der Waals surface area contributed by atoms with E-state index in [0.717, 1.165) is 30.6 Å². The van der Waals surface area contributed by atoms with E-state index in [2.05, 4.69) is 40.1 Å². The zero-order valence-corrected chi connectivity index (χ0v) is 30.1. The fraction of sp³-hybridized carbons (Fsp3) is 0.424. The predicted molar refractivity (Wildman–Crippen MR) is 181 cm³/mol. The van der Waals surface area contributed by atoms with Crippen molar-refractivity contribution in [3.8, 4) is 17.2 Å². The smallest absolute Gasteiger partial charge is 0.444 e. The van der Waals surface area contributed by atoms with Gasteiger partial charge in [-0.15, -0.1) is 11.3 Å². The SMILES string of the molecule is [CH2-]C1CCC(CC)N1c1nc(S(=O)(=O)CC)nc2c(Cl)c(-c3c(F)ccc4sc(NC(=O)OC(C)(C)C)c(C#N)c34)c3c(c12)COC3.[Li+]. The number of hydrogen-bond donors (Lipinski definition) is 1. The van der Waals surface area contributed by atoms with Crippen molar-refractivity contribution in [1.29, 1.82) is 5.26 Å². The number of aromatic nitrogens is 2. The van der Waals surface area contributed by atoms with E-state index >= 15 is 4.39 Å². The number of nitriles is 1. The van der Waals surface area contributed by atoms with Crippen LogP contribution < -0.4 is 29.1 Å². The summed E-state index contributed by atoms with van der Waals surface area (Å²) in [7, 11) is -3.89. The minimum atomic E-state index is -3.89. The first-order valence-corrected chi connectivity index (χ1v) is 18.2. The van der Waals surface area contributed by atoms with Crippen LogP contribution in [0.3, 0.4) is 0 Å². The summed E-state index contributed by atoms with van der Waals surface area (Å²) >= 11 is 8.33. The van der Waals surface area contributed by atoms with Crippen molar-refractivity contribution >= 4 is 70.7 Å². The van der Waals surface area contributed by atoms with Crippen molar-refractivity contribution in [1.82, 2.24) is 9.97 Å². The Hall–Kier alpha value is -2.97. The molecule has 2 unspecified atom stereocenters. The van der Waals surface area contributed by atoms with Gasteiger partial charge in [-0.2, -0.15) is 5.26 Å². The van der Waals surface area contributed by atoms with Crippen LogP contribution in [0.5, 0.6) is 0 Å². The van der Waals surface area contributed by atoms with Gasteiger partial charge in [0.15, 0.2) is 0 Å². The Morgan fingerprint density at radius 2 is 1.92 bits per heavy atom. The molecule has 2 aliphatic heterocycles. The molecule has 0 aliphatic carbocycles. The molecule has 1 N–H and O–H groups in total. The Bertz CT molecular complexity index is 2110. The molecule has 4 aromatic rings. The molecule has 2 atom stereocenters. The number of fused-ring (bicyclic) bond motifs is 4. The van der Waals surface area contributed by atoms with E-state index in [1.54, 1.807) is 20.8 Å². The van der Waals surface area contributed by atoms with Crippen molar-refractivity contribution < 1.29 is 45.9 Å². The van der Waals surface area contributed by atoms with Gasteiger partial charge in [0.2, 0.25) is 15.0 Å². The summed E-state index contributed by atoms with van der Waals surface area (Å²) in [4.78, 5) is 23.9. The second-order valence-corrected chi connectivity index (χ2v) is 16.2. The molecule has 2 aliphatic rings. The number of benzene rings is 2. The normalized spacial score (nSPS) is 17.8. The molecule has 0 radical (unpaired) electrons. The van der Waals surface area contributed by atoms with Gasteiger partial charge in [0.1, 0.15) is 28.3 Å². The summed E-state index contributed by atoms with van der Waals surface area (Å²) in [6.07, 6.45) is 1.69. The number of anilines is 2. The van der Waals surface area contributed by atoms with Gasteiger partial charge in [-0.3, -0.25) is 5.32 Å². The number of halogens is 2. The Morgan fingerprint density at radius 3 is 2.56 bits per heavy atom. The Kier molecular flexibility index (Phi) is 10.1. The number of sulfone groups is 1. The summed E-state index contributed by atoms with van der Waals surface area (Å²) < 4.78 is 54.6. The molecule has 0 saturated carbocycles.